The third-order valence-electron chi connectivity index (χ3n) is 5.06. The van der Waals surface area contributed by atoms with E-state index < -0.39 is 17.4 Å². The molecule has 172 valence electrons. The molecular formula is C25H25FN2O4S. The van der Waals surface area contributed by atoms with Crippen molar-refractivity contribution in [1.82, 2.24) is 9.36 Å². The monoisotopic (exact) mass is 468 g/mol. The zero-order valence-corrected chi connectivity index (χ0v) is 19.7. The van der Waals surface area contributed by atoms with E-state index in [4.69, 9.17) is 9.47 Å². The van der Waals surface area contributed by atoms with Crippen molar-refractivity contribution in [3.8, 4) is 17.0 Å². The van der Waals surface area contributed by atoms with Gasteiger partial charge in [-0.15, -0.1) is 0 Å². The molecule has 1 aromatic carbocycles. The van der Waals surface area contributed by atoms with Crippen molar-refractivity contribution in [2.45, 2.75) is 52.2 Å². The third kappa shape index (κ3) is 5.63. The van der Waals surface area contributed by atoms with Gasteiger partial charge in [0.1, 0.15) is 29.0 Å². The quantitative estimate of drug-likeness (QED) is 0.311. The molecule has 0 amide bonds. The maximum absolute atomic E-state index is 14.6. The summed E-state index contributed by atoms with van der Waals surface area (Å²) in [5, 5.41) is 0. The van der Waals surface area contributed by atoms with E-state index in [1.807, 2.05) is 13.0 Å². The van der Waals surface area contributed by atoms with Crippen LogP contribution >= 0.6 is 11.5 Å². The Balaban J connectivity index is 1.43. The molecule has 2 heterocycles. The Morgan fingerprint density at radius 3 is 2.52 bits per heavy atom. The molecule has 1 atom stereocenters. The second-order valence-electron chi connectivity index (χ2n) is 9.09. The molecule has 6 nitrogen and oxygen atoms in total. The second-order valence-corrected chi connectivity index (χ2v) is 9.93. The summed E-state index contributed by atoms with van der Waals surface area (Å²) in [5.41, 5.74) is 0.791. The van der Waals surface area contributed by atoms with E-state index in [1.54, 1.807) is 45.2 Å². The highest BCUT2D eigenvalue weighted by atomic mass is 32.1. The first-order valence-electron chi connectivity index (χ1n) is 10.8. The van der Waals surface area contributed by atoms with Crippen LogP contribution < -0.4 is 4.74 Å². The van der Waals surface area contributed by atoms with Crippen molar-refractivity contribution < 1.29 is 23.5 Å². The van der Waals surface area contributed by atoms with Crippen molar-refractivity contribution in [3.63, 3.8) is 0 Å². The third-order valence-corrected chi connectivity index (χ3v) is 6.01. The molecule has 33 heavy (non-hydrogen) atoms. The van der Waals surface area contributed by atoms with Gasteiger partial charge in [-0.2, -0.15) is 4.37 Å². The molecule has 0 radical (unpaired) electrons. The number of nitrogens with zero attached hydrogens (tertiary/aromatic N) is 2. The topological polar surface area (TPSA) is 78.4 Å². The highest BCUT2D eigenvalue weighted by Gasteiger charge is 2.31. The van der Waals surface area contributed by atoms with Gasteiger partial charge in [-0.25, -0.2) is 14.2 Å². The fraction of sp³-hybridized carbons (Fsp3) is 0.360. The van der Waals surface area contributed by atoms with Gasteiger partial charge in [0.15, 0.2) is 5.78 Å². The number of ether oxygens (including phenoxy) is 2. The minimum Gasteiger partial charge on any atom is -0.484 e. The minimum atomic E-state index is -0.704. The zero-order valence-electron chi connectivity index (χ0n) is 18.9. The van der Waals surface area contributed by atoms with E-state index in [0.29, 0.717) is 22.7 Å². The molecule has 0 aliphatic heterocycles. The van der Waals surface area contributed by atoms with Gasteiger partial charge in [-0.1, -0.05) is 6.07 Å². The van der Waals surface area contributed by atoms with Crippen LogP contribution in [-0.2, 0) is 4.74 Å². The highest BCUT2D eigenvalue weighted by molar-refractivity contribution is 7.06. The number of carbonyl (C=O) groups is 2. The van der Waals surface area contributed by atoms with Gasteiger partial charge in [-0.3, -0.25) is 4.79 Å². The molecule has 0 bridgehead atoms. The normalized spacial score (nSPS) is 14.6. The number of rotatable bonds is 7. The van der Waals surface area contributed by atoms with E-state index in [-0.39, 0.29) is 23.4 Å². The molecule has 0 spiro atoms. The van der Waals surface area contributed by atoms with E-state index in [0.717, 1.165) is 17.7 Å². The van der Waals surface area contributed by atoms with Crippen molar-refractivity contribution in [2.24, 2.45) is 5.92 Å². The van der Waals surface area contributed by atoms with Gasteiger partial charge in [0.2, 0.25) is 0 Å². The van der Waals surface area contributed by atoms with Gasteiger partial charge in [-0.05, 0) is 82.4 Å². The lowest BCUT2D eigenvalue weighted by Crippen LogP contribution is -2.24. The molecule has 4 rings (SSSR count). The van der Waals surface area contributed by atoms with Gasteiger partial charge < -0.3 is 9.47 Å². The van der Waals surface area contributed by atoms with E-state index in [1.165, 1.54) is 23.7 Å². The summed E-state index contributed by atoms with van der Waals surface area (Å²) in [6, 6.07) is 9.60. The lowest BCUT2D eigenvalue weighted by molar-refractivity contribution is 0.00646. The summed E-state index contributed by atoms with van der Waals surface area (Å²) < 4.78 is 30.2. The van der Waals surface area contributed by atoms with Gasteiger partial charge in [0.05, 0.1) is 22.3 Å². The molecular weight excluding hydrogens is 443 g/mol. The van der Waals surface area contributed by atoms with Crippen LogP contribution in [0.4, 0.5) is 4.39 Å². The fourth-order valence-electron chi connectivity index (χ4n) is 3.20. The molecule has 0 saturated heterocycles. The molecule has 1 aliphatic carbocycles. The van der Waals surface area contributed by atoms with Crippen molar-refractivity contribution in [1.29, 1.82) is 0 Å². The number of carbonyl (C=O) groups excluding carboxylic acids is 2. The smallest absolute Gasteiger partial charge is 0.341 e. The van der Waals surface area contributed by atoms with Gasteiger partial charge in [0.25, 0.3) is 0 Å². The maximum atomic E-state index is 14.6. The minimum absolute atomic E-state index is 0.0895. The van der Waals surface area contributed by atoms with Gasteiger partial charge in [0, 0.05) is 11.5 Å². The molecule has 1 aliphatic rings. The van der Waals surface area contributed by atoms with Crippen molar-refractivity contribution in [3.05, 3.63) is 64.5 Å². The van der Waals surface area contributed by atoms with E-state index >= 15 is 0 Å². The Labute approximate surface area is 195 Å². The Bertz CT molecular complexity index is 1180. The number of hydrogen-bond acceptors (Lipinski definition) is 7. The summed E-state index contributed by atoms with van der Waals surface area (Å²) in [6.45, 7) is 7.08. The van der Waals surface area contributed by atoms with Crippen LogP contribution in [0.15, 0.2) is 42.6 Å². The van der Waals surface area contributed by atoms with E-state index in [9.17, 15) is 14.0 Å². The molecule has 0 N–H and O–H groups in total. The predicted molar refractivity (Wildman–Crippen MR) is 123 cm³/mol. The number of hydrogen-bond donors (Lipinski definition) is 0. The summed E-state index contributed by atoms with van der Waals surface area (Å²) >= 11 is 1.25. The fourth-order valence-corrected chi connectivity index (χ4v) is 3.93. The van der Waals surface area contributed by atoms with Crippen molar-refractivity contribution >= 4 is 23.3 Å². The summed E-state index contributed by atoms with van der Waals surface area (Å²) in [5.74, 6) is -0.593. The number of benzene rings is 1. The number of Topliss-reactive ketones (excluding diaryl/α,β-unsaturated/α-hetero) is 1. The average Bonchev–Trinajstić information content (AvgIpc) is 3.48. The Kier molecular flexibility index (Phi) is 6.30. The molecule has 3 aromatic rings. The first kappa shape index (κ1) is 23.0. The van der Waals surface area contributed by atoms with Crippen LogP contribution in [0, 0.1) is 11.7 Å². The number of esters is 1. The predicted octanol–water partition coefficient (Wildman–Crippen LogP) is 6.03. The Hall–Kier alpha value is -3.13. The Morgan fingerprint density at radius 2 is 1.91 bits per heavy atom. The van der Waals surface area contributed by atoms with Crippen LogP contribution in [0.2, 0.25) is 0 Å². The molecule has 2 aromatic heterocycles. The lowest BCUT2D eigenvalue weighted by atomic mass is 10.1. The summed E-state index contributed by atoms with van der Waals surface area (Å²) in [6.07, 6.45) is 3.13. The molecule has 1 fully saturated rings. The van der Waals surface area contributed by atoms with Gasteiger partial charge >= 0.3 is 5.97 Å². The number of pyridine rings is 1. The maximum Gasteiger partial charge on any atom is 0.341 e. The van der Waals surface area contributed by atoms with Crippen molar-refractivity contribution in [2.75, 3.05) is 0 Å². The van der Waals surface area contributed by atoms with Crippen LogP contribution in [-0.4, -0.2) is 26.7 Å². The number of ketones is 1. The summed E-state index contributed by atoms with van der Waals surface area (Å²) in [7, 11) is 0. The first-order valence-corrected chi connectivity index (χ1v) is 11.5. The summed E-state index contributed by atoms with van der Waals surface area (Å²) in [4.78, 5) is 29.3. The Morgan fingerprint density at radius 1 is 1.15 bits per heavy atom. The number of aromatic nitrogens is 2. The van der Waals surface area contributed by atoms with Crippen LogP contribution in [0.25, 0.3) is 11.3 Å². The second kappa shape index (κ2) is 9.02. The average molecular weight is 469 g/mol. The largest absolute Gasteiger partial charge is 0.484 e. The lowest BCUT2D eigenvalue weighted by Gasteiger charge is -2.19. The van der Waals surface area contributed by atoms with E-state index in [2.05, 4.69) is 9.36 Å². The number of halogens is 1. The highest BCUT2D eigenvalue weighted by Crippen LogP contribution is 2.33. The SMILES string of the molecule is C[C@@H](Oc1ccc(C(=O)C2CC2)nc1)c1cc(-c2ccc(C(=O)OC(C)(C)C)c(F)c2)ns1. The molecule has 8 heteroatoms. The standard InChI is InChI=1S/C25H25FN2O4S/c1-14(31-17-8-10-20(27-13-17)23(29)15-5-6-15)22-12-21(28-33-22)16-7-9-18(19(26)11-16)24(30)32-25(2,3)4/h7-15H,5-6H2,1-4H3/t14-/m1/s1. The molecule has 1 saturated carbocycles. The van der Waals surface area contributed by atoms with Crippen LogP contribution in [0.5, 0.6) is 5.75 Å². The van der Waals surface area contributed by atoms with Crippen LogP contribution in [0.3, 0.4) is 0 Å². The first-order chi connectivity index (χ1) is 15.6. The van der Waals surface area contributed by atoms with Crippen LogP contribution in [0.1, 0.15) is 72.4 Å². The molecule has 0 unspecified atom stereocenters. The zero-order chi connectivity index (χ0) is 23.8.